The Morgan fingerprint density at radius 1 is 1.25 bits per heavy atom. The summed E-state index contributed by atoms with van der Waals surface area (Å²) in [5, 5.41) is 0.135. The monoisotopic (exact) mass is 208 g/mol. The Balaban J connectivity index is 4.15. The molecule has 12 heavy (non-hydrogen) atoms. The minimum atomic E-state index is -0.797. The van der Waals surface area contributed by atoms with Crippen molar-refractivity contribution in [2.24, 2.45) is 0 Å². The molecule has 0 rings (SSSR count). The van der Waals surface area contributed by atoms with Crippen molar-refractivity contribution in [3.05, 3.63) is 0 Å². The van der Waals surface area contributed by atoms with Crippen LogP contribution in [0.3, 0.4) is 0 Å². The molecule has 0 N–H and O–H groups in total. The summed E-state index contributed by atoms with van der Waals surface area (Å²) in [7, 11) is -0.797. The summed E-state index contributed by atoms with van der Waals surface area (Å²) < 4.78 is 5.89. The first-order valence-electron chi connectivity index (χ1n) is 4.56. The van der Waals surface area contributed by atoms with E-state index in [4.69, 9.17) is 16.3 Å². The Labute approximate surface area is 83.1 Å². The van der Waals surface area contributed by atoms with Crippen LogP contribution in [-0.4, -0.2) is 25.5 Å². The smallest absolute Gasteiger partial charge is 0.0675 e. The second-order valence-electron chi connectivity index (χ2n) is 4.62. The topological polar surface area (TPSA) is 9.23 Å². The minimum absolute atomic E-state index is 0.0644. The molecule has 0 aliphatic carbocycles. The summed E-state index contributed by atoms with van der Waals surface area (Å²) in [6.45, 7) is 12.8. The van der Waals surface area contributed by atoms with Crippen LogP contribution < -0.4 is 0 Å². The molecule has 0 radical (unpaired) electrons. The molecule has 2 atom stereocenters. The standard InChI is InChI=1S/C9H21ClOSi/c1-7(10)8(12(5)6)11-9(2,3)4/h7-8,12H,1-6H3. The van der Waals surface area contributed by atoms with Crippen LogP contribution in [0.25, 0.3) is 0 Å². The van der Waals surface area contributed by atoms with Crippen LogP contribution in [0.1, 0.15) is 27.7 Å². The van der Waals surface area contributed by atoms with Crippen LogP contribution >= 0.6 is 11.6 Å². The Morgan fingerprint density at radius 2 is 1.67 bits per heavy atom. The highest BCUT2D eigenvalue weighted by molar-refractivity contribution is 6.58. The molecule has 0 aromatic heterocycles. The molecule has 0 aromatic carbocycles. The molecule has 3 heteroatoms. The molecule has 0 saturated carbocycles. The van der Waals surface area contributed by atoms with Crippen LogP contribution in [0.15, 0.2) is 0 Å². The van der Waals surface area contributed by atoms with Crippen molar-refractivity contribution in [2.75, 3.05) is 0 Å². The second-order valence-corrected chi connectivity index (χ2v) is 8.45. The van der Waals surface area contributed by atoms with Crippen molar-refractivity contribution >= 4 is 20.4 Å². The molecule has 0 saturated heterocycles. The maximum Gasteiger partial charge on any atom is 0.0675 e. The van der Waals surface area contributed by atoms with E-state index in [1.165, 1.54) is 0 Å². The van der Waals surface area contributed by atoms with Crippen LogP contribution in [0.5, 0.6) is 0 Å². The third kappa shape index (κ3) is 5.17. The van der Waals surface area contributed by atoms with Gasteiger partial charge in [-0.25, -0.2) is 0 Å². The lowest BCUT2D eigenvalue weighted by molar-refractivity contribution is -0.0255. The van der Waals surface area contributed by atoms with E-state index < -0.39 is 8.80 Å². The maximum atomic E-state index is 6.05. The van der Waals surface area contributed by atoms with Gasteiger partial charge in [0.05, 0.1) is 25.5 Å². The van der Waals surface area contributed by atoms with Gasteiger partial charge in [-0.3, -0.25) is 0 Å². The summed E-state index contributed by atoms with van der Waals surface area (Å²) in [5.41, 5.74) is 0.220. The fraction of sp³-hybridized carbons (Fsp3) is 1.00. The fourth-order valence-corrected chi connectivity index (χ4v) is 3.83. The number of rotatable bonds is 3. The molecule has 0 bridgehead atoms. The minimum Gasteiger partial charge on any atom is -0.375 e. The molecule has 0 heterocycles. The predicted octanol–water partition coefficient (Wildman–Crippen LogP) is 2.82. The Kier molecular flexibility index (Phi) is 4.81. The van der Waals surface area contributed by atoms with Gasteiger partial charge in [0.15, 0.2) is 0 Å². The highest BCUT2D eigenvalue weighted by Crippen LogP contribution is 2.18. The third-order valence-corrected chi connectivity index (χ3v) is 4.12. The largest absolute Gasteiger partial charge is 0.375 e. The normalized spacial score (nSPS) is 18.0. The summed E-state index contributed by atoms with van der Waals surface area (Å²) in [6.07, 6.45) is 0. The molecule has 0 aliphatic rings. The fourth-order valence-electron chi connectivity index (χ4n) is 1.17. The zero-order chi connectivity index (χ0) is 9.94. The first kappa shape index (κ1) is 12.5. The molecule has 0 aliphatic heterocycles. The van der Waals surface area contributed by atoms with Crippen molar-refractivity contribution in [1.29, 1.82) is 0 Å². The molecule has 0 amide bonds. The van der Waals surface area contributed by atoms with Gasteiger partial charge in [-0.05, 0) is 27.7 Å². The van der Waals surface area contributed by atoms with Gasteiger partial charge in [0.25, 0.3) is 0 Å². The van der Waals surface area contributed by atoms with Crippen molar-refractivity contribution in [1.82, 2.24) is 0 Å². The first-order valence-corrected chi connectivity index (χ1v) is 7.97. The van der Waals surface area contributed by atoms with Gasteiger partial charge in [-0.15, -0.1) is 11.6 Å². The Hall–Kier alpha value is 0.467. The van der Waals surface area contributed by atoms with Crippen molar-refractivity contribution < 1.29 is 4.74 Å². The summed E-state index contributed by atoms with van der Waals surface area (Å²) in [4.78, 5) is 0. The van der Waals surface area contributed by atoms with E-state index in [9.17, 15) is 0 Å². The lowest BCUT2D eigenvalue weighted by atomic mass is 10.2. The van der Waals surface area contributed by atoms with Crippen LogP contribution in [0, 0.1) is 0 Å². The number of hydrogen-bond acceptors (Lipinski definition) is 1. The first-order chi connectivity index (χ1) is 5.24. The van der Waals surface area contributed by atoms with E-state index in [0.717, 1.165) is 0 Å². The van der Waals surface area contributed by atoms with Crippen LogP contribution in [-0.2, 0) is 4.74 Å². The SMILES string of the molecule is CC(Cl)C(OC(C)(C)C)[SiH](C)C. The average Bonchev–Trinajstić information content (AvgIpc) is 1.79. The van der Waals surface area contributed by atoms with E-state index in [-0.39, 0.29) is 16.7 Å². The van der Waals surface area contributed by atoms with Crippen LogP contribution in [0.4, 0.5) is 0 Å². The molecule has 74 valence electrons. The molecular weight excluding hydrogens is 188 g/mol. The van der Waals surface area contributed by atoms with E-state index in [2.05, 4.69) is 33.9 Å². The quantitative estimate of drug-likeness (QED) is 0.512. The lowest BCUT2D eigenvalue weighted by Gasteiger charge is -2.31. The lowest BCUT2D eigenvalue weighted by Crippen LogP contribution is -2.40. The highest BCUT2D eigenvalue weighted by atomic mass is 35.5. The zero-order valence-electron chi connectivity index (χ0n) is 9.02. The van der Waals surface area contributed by atoms with E-state index in [0.29, 0.717) is 0 Å². The van der Waals surface area contributed by atoms with Crippen molar-refractivity contribution in [3.63, 3.8) is 0 Å². The molecule has 0 aromatic rings. The molecule has 0 fully saturated rings. The number of halogens is 1. The number of alkyl halides is 1. The highest BCUT2D eigenvalue weighted by Gasteiger charge is 2.25. The third-order valence-electron chi connectivity index (χ3n) is 1.60. The Bertz CT molecular complexity index is 121. The van der Waals surface area contributed by atoms with Crippen LogP contribution in [0.2, 0.25) is 13.1 Å². The Morgan fingerprint density at radius 3 is 1.75 bits per heavy atom. The summed E-state index contributed by atoms with van der Waals surface area (Å²) in [6, 6.07) is 0. The van der Waals surface area contributed by atoms with Crippen molar-refractivity contribution in [3.8, 4) is 0 Å². The number of ether oxygens (including phenoxy) is 1. The van der Waals surface area contributed by atoms with Gasteiger partial charge in [-0.1, -0.05) is 13.1 Å². The van der Waals surface area contributed by atoms with Crippen molar-refractivity contribution in [2.45, 2.75) is 57.5 Å². The van der Waals surface area contributed by atoms with E-state index in [1.807, 2.05) is 6.92 Å². The van der Waals surface area contributed by atoms with Gasteiger partial charge >= 0.3 is 0 Å². The summed E-state index contributed by atoms with van der Waals surface area (Å²) in [5.74, 6) is 0. The zero-order valence-corrected chi connectivity index (χ0v) is 10.9. The molecule has 1 nitrogen and oxygen atoms in total. The molecular formula is C9H21ClOSi. The second kappa shape index (κ2) is 4.63. The maximum absolute atomic E-state index is 6.05. The van der Waals surface area contributed by atoms with Gasteiger partial charge in [0.1, 0.15) is 0 Å². The van der Waals surface area contributed by atoms with Gasteiger partial charge in [0, 0.05) is 0 Å². The van der Waals surface area contributed by atoms with Gasteiger partial charge in [0.2, 0.25) is 0 Å². The average molecular weight is 209 g/mol. The van der Waals surface area contributed by atoms with E-state index >= 15 is 0 Å². The van der Waals surface area contributed by atoms with E-state index in [1.54, 1.807) is 0 Å². The van der Waals surface area contributed by atoms with Gasteiger partial charge < -0.3 is 4.74 Å². The predicted molar refractivity (Wildman–Crippen MR) is 58.8 cm³/mol. The number of hydrogen-bond donors (Lipinski definition) is 0. The van der Waals surface area contributed by atoms with Gasteiger partial charge in [-0.2, -0.15) is 0 Å². The molecule has 0 spiro atoms. The molecule has 2 unspecified atom stereocenters. The summed E-state index contributed by atoms with van der Waals surface area (Å²) >= 11 is 6.05.